The van der Waals surface area contributed by atoms with Crippen molar-refractivity contribution in [3.8, 4) is 0 Å². The molecule has 2 aromatic rings. The van der Waals surface area contributed by atoms with Gasteiger partial charge in [-0.3, -0.25) is 0 Å². The molecular weight excluding hydrogens is 228 g/mol. The van der Waals surface area contributed by atoms with Gasteiger partial charge in [0.1, 0.15) is 0 Å². The zero-order chi connectivity index (χ0) is 13.0. The Morgan fingerprint density at radius 2 is 2.00 bits per heavy atom. The second-order valence-corrected chi connectivity index (χ2v) is 4.31. The fraction of sp³-hybridized carbons (Fsp3) is 0.385. The van der Waals surface area contributed by atoms with Gasteiger partial charge in [-0.2, -0.15) is 0 Å². The fourth-order valence-electron chi connectivity index (χ4n) is 1.64. The van der Waals surface area contributed by atoms with Crippen LogP contribution >= 0.6 is 0 Å². The van der Waals surface area contributed by atoms with Crippen LogP contribution < -0.4 is 11.1 Å². The Balaban J connectivity index is 2.03. The second kappa shape index (κ2) is 5.64. The molecule has 1 heterocycles. The van der Waals surface area contributed by atoms with E-state index in [-0.39, 0.29) is 6.04 Å². The standard InChI is InChI=1S/C13H18N4O/c1-3-4-10-5-7-11(8-6-10)15-13-17-16-12(18-13)9(2)14/h5-9H,3-4,14H2,1-2H3,(H,15,17). The van der Waals surface area contributed by atoms with Gasteiger partial charge in [-0.25, -0.2) is 0 Å². The van der Waals surface area contributed by atoms with Crippen LogP contribution in [0.25, 0.3) is 0 Å². The third kappa shape index (κ3) is 3.07. The maximum Gasteiger partial charge on any atom is 0.320 e. The lowest BCUT2D eigenvalue weighted by atomic mass is 10.1. The first kappa shape index (κ1) is 12.6. The highest BCUT2D eigenvalue weighted by Gasteiger charge is 2.09. The van der Waals surface area contributed by atoms with E-state index in [0.29, 0.717) is 11.9 Å². The van der Waals surface area contributed by atoms with Crippen molar-refractivity contribution in [2.75, 3.05) is 5.32 Å². The van der Waals surface area contributed by atoms with Gasteiger partial charge in [0.05, 0.1) is 6.04 Å². The predicted molar refractivity (Wildman–Crippen MR) is 70.6 cm³/mol. The van der Waals surface area contributed by atoms with Crippen LogP contribution in [0.3, 0.4) is 0 Å². The number of aryl methyl sites for hydroxylation is 1. The van der Waals surface area contributed by atoms with Crippen LogP contribution in [-0.2, 0) is 6.42 Å². The second-order valence-electron chi connectivity index (χ2n) is 4.31. The average molecular weight is 246 g/mol. The van der Waals surface area contributed by atoms with E-state index < -0.39 is 0 Å². The number of rotatable bonds is 5. The summed E-state index contributed by atoms with van der Waals surface area (Å²) in [5.74, 6) is 0.431. The van der Waals surface area contributed by atoms with E-state index in [2.05, 4.69) is 34.6 Å². The summed E-state index contributed by atoms with van der Waals surface area (Å²) in [5, 5.41) is 10.8. The van der Waals surface area contributed by atoms with Crippen molar-refractivity contribution in [2.45, 2.75) is 32.7 Å². The Kier molecular flexibility index (Phi) is 3.94. The van der Waals surface area contributed by atoms with Crippen LogP contribution in [0.5, 0.6) is 0 Å². The highest BCUT2D eigenvalue weighted by atomic mass is 16.4. The summed E-state index contributed by atoms with van der Waals surface area (Å²) in [5.41, 5.74) is 7.90. The van der Waals surface area contributed by atoms with Gasteiger partial charge in [0.2, 0.25) is 5.89 Å². The van der Waals surface area contributed by atoms with Gasteiger partial charge in [-0.05, 0) is 31.0 Å². The van der Waals surface area contributed by atoms with E-state index in [4.69, 9.17) is 10.2 Å². The van der Waals surface area contributed by atoms with Crippen LogP contribution in [0.2, 0.25) is 0 Å². The molecule has 1 aromatic carbocycles. The highest BCUT2D eigenvalue weighted by molar-refractivity contribution is 5.52. The third-order valence-electron chi connectivity index (χ3n) is 2.57. The molecule has 18 heavy (non-hydrogen) atoms. The van der Waals surface area contributed by atoms with Crippen LogP contribution in [0, 0.1) is 0 Å². The van der Waals surface area contributed by atoms with Crippen LogP contribution in [-0.4, -0.2) is 10.2 Å². The molecule has 1 atom stereocenters. The molecule has 0 aliphatic heterocycles. The average Bonchev–Trinajstić information content (AvgIpc) is 2.81. The number of benzene rings is 1. The number of anilines is 2. The molecule has 96 valence electrons. The monoisotopic (exact) mass is 246 g/mol. The zero-order valence-corrected chi connectivity index (χ0v) is 10.7. The van der Waals surface area contributed by atoms with Gasteiger partial charge < -0.3 is 15.5 Å². The molecule has 5 nitrogen and oxygen atoms in total. The van der Waals surface area contributed by atoms with E-state index in [1.165, 1.54) is 5.56 Å². The minimum atomic E-state index is -0.250. The van der Waals surface area contributed by atoms with E-state index in [0.717, 1.165) is 18.5 Å². The summed E-state index contributed by atoms with van der Waals surface area (Å²) >= 11 is 0. The molecule has 3 N–H and O–H groups in total. The number of nitrogens with one attached hydrogen (secondary N) is 1. The van der Waals surface area contributed by atoms with Crippen LogP contribution in [0.4, 0.5) is 11.7 Å². The first-order valence-corrected chi connectivity index (χ1v) is 6.14. The number of hydrogen-bond donors (Lipinski definition) is 2. The molecule has 5 heteroatoms. The molecule has 2 rings (SSSR count). The fourth-order valence-corrected chi connectivity index (χ4v) is 1.64. The van der Waals surface area contributed by atoms with Gasteiger partial charge in [-0.15, -0.1) is 5.10 Å². The Morgan fingerprint density at radius 1 is 1.28 bits per heavy atom. The SMILES string of the molecule is CCCc1ccc(Nc2nnc(C(C)N)o2)cc1. The Hall–Kier alpha value is -1.88. The Morgan fingerprint density at radius 3 is 2.56 bits per heavy atom. The lowest BCUT2D eigenvalue weighted by Crippen LogP contribution is -2.04. The first-order chi connectivity index (χ1) is 8.69. The maximum absolute atomic E-state index is 5.65. The summed E-state index contributed by atoms with van der Waals surface area (Å²) in [4.78, 5) is 0. The van der Waals surface area contributed by atoms with Gasteiger partial charge in [-0.1, -0.05) is 30.6 Å². The minimum absolute atomic E-state index is 0.250. The number of hydrogen-bond acceptors (Lipinski definition) is 5. The molecule has 0 spiro atoms. The molecule has 0 saturated heterocycles. The van der Waals surface area contributed by atoms with Crippen molar-refractivity contribution in [2.24, 2.45) is 5.73 Å². The highest BCUT2D eigenvalue weighted by Crippen LogP contribution is 2.18. The normalized spacial score (nSPS) is 12.4. The molecule has 0 bridgehead atoms. The van der Waals surface area contributed by atoms with Crippen molar-refractivity contribution in [3.63, 3.8) is 0 Å². The predicted octanol–water partition coefficient (Wildman–Crippen LogP) is 2.79. The van der Waals surface area contributed by atoms with Gasteiger partial charge in [0, 0.05) is 5.69 Å². The lowest BCUT2D eigenvalue weighted by molar-refractivity contribution is 0.475. The Bertz CT molecular complexity index is 490. The van der Waals surface area contributed by atoms with Crippen molar-refractivity contribution in [1.82, 2.24) is 10.2 Å². The van der Waals surface area contributed by atoms with Crippen LogP contribution in [0.15, 0.2) is 28.7 Å². The molecule has 1 unspecified atom stereocenters. The van der Waals surface area contributed by atoms with Crippen molar-refractivity contribution in [3.05, 3.63) is 35.7 Å². The molecule has 1 aromatic heterocycles. The number of nitrogens with two attached hydrogens (primary N) is 1. The van der Waals surface area contributed by atoms with Crippen molar-refractivity contribution < 1.29 is 4.42 Å². The summed E-state index contributed by atoms with van der Waals surface area (Å²) in [6, 6.07) is 8.30. The summed E-state index contributed by atoms with van der Waals surface area (Å²) in [6.07, 6.45) is 2.24. The molecule has 0 amide bonds. The summed E-state index contributed by atoms with van der Waals surface area (Å²) in [6.45, 7) is 3.97. The van der Waals surface area contributed by atoms with Gasteiger partial charge >= 0.3 is 6.01 Å². The topological polar surface area (TPSA) is 77.0 Å². The van der Waals surface area contributed by atoms with Crippen molar-refractivity contribution in [1.29, 1.82) is 0 Å². The first-order valence-electron chi connectivity index (χ1n) is 6.14. The molecule has 0 aliphatic rings. The Labute approximate surface area is 106 Å². The van der Waals surface area contributed by atoms with Crippen molar-refractivity contribution >= 4 is 11.7 Å². The summed E-state index contributed by atoms with van der Waals surface area (Å²) in [7, 11) is 0. The lowest BCUT2D eigenvalue weighted by Gasteiger charge is -2.03. The zero-order valence-electron chi connectivity index (χ0n) is 10.7. The maximum atomic E-state index is 5.65. The molecule has 0 radical (unpaired) electrons. The van der Waals surface area contributed by atoms with E-state index in [1.807, 2.05) is 12.1 Å². The van der Waals surface area contributed by atoms with Gasteiger partial charge in [0.25, 0.3) is 0 Å². The van der Waals surface area contributed by atoms with E-state index in [1.54, 1.807) is 6.92 Å². The molecule has 0 fully saturated rings. The molecular formula is C13H18N4O. The number of nitrogens with zero attached hydrogens (tertiary/aromatic N) is 2. The molecule has 0 saturated carbocycles. The quantitative estimate of drug-likeness (QED) is 0.848. The summed E-state index contributed by atoms with van der Waals surface area (Å²) < 4.78 is 5.37. The van der Waals surface area contributed by atoms with E-state index >= 15 is 0 Å². The largest absolute Gasteiger partial charge is 0.406 e. The number of aromatic nitrogens is 2. The van der Waals surface area contributed by atoms with Crippen LogP contribution in [0.1, 0.15) is 37.8 Å². The van der Waals surface area contributed by atoms with Gasteiger partial charge in [0.15, 0.2) is 0 Å². The third-order valence-corrected chi connectivity index (χ3v) is 2.57. The van der Waals surface area contributed by atoms with E-state index in [9.17, 15) is 0 Å². The smallest absolute Gasteiger partial charge is 0.320 e. The molecule has 0 aliphatic carbocycles. The minimum Gasteiger partial charge on any atom is -0.406 e.